The van der Waals surface area contributed by atoms with Gasteiger partial charge in [0.1, 0.15) is 5.69 Å². The van der Waals surface area contributed by atoms with E-state index in [4.69, 9.17) is 20.4 Å². The number of piperazine rings is 1. The van der Waals surface area contributed by atoms with Crippen molar-refractivity contribution >= 4 is 28.9 Å². The van der Waals surface area contributed by atoms with Crippen LogP contribution < -0.4 is 21.3 Å². The van der Waals surface area contributed by atoms with E-state index in [1.54, 1.807) is 12.4 Å². The number of primary amides is 1. The van der Waals surface area contributed by atoms with Crippen molar-refractivity contribution in [3.05, 3.63) is 54.0 Å². The molecule has 11 nitrogen and oxygen atoms in total. The van der Waals surface area contributed by atoms with Gasteiger partial charge in [-0.15, -0.1) is 0 Å². The second-order valence-electron chi connectivity index (χ2n) is 11.9. The standard InChI is InChI=1S/C32H43N9O2/c1-22-7-12-34-21-27(22)28-31(36-24-10-19-43-20-11-24)38-32(29(37-28)30(33)42)35-23-3-5-25(6-4-23)40-13-8-26(9-14-40)41-17-15-39(2)16-18-41/h3-7,12,21,24,26H,8-11,13-20H2,1-2H3,(H2,33,42)(H2,35,36,38). The number of piperidine rings is 1. The fourth-order valence-corrected chi connectivity index (χ4v) is 6.30. The quantitative estimate of drug-likeness (QED) is 0.362. The van der Waals surface area contributed by atoms with E-state index < -0.39 is 5.91 Å². The molecule has 0 spiro atoms. The largest absolute Gasteiger partial charge is 0.381 e. The first kappa shape index (κ1) is 29.3. The number of carbonyl (C=O) groups is 1. The Morgan fingerprint density at radius 3 is 2.33 bits per heavy atom. The molecule has 0 aliphatic carbocycles. The van der Waals surface area contributed by atoms with Crippen LogP contribution in [-0.4, -0.2) is 102 Å². The van der Waals surface area contributed by atoms with Crippen molar-refractivity contribution < 1.29 is 9.53 Å². The summed E-state index contributed by atoms with van der Waals surface area (Å²) < 4.78 is 5.55. The number of rotatable bonds is 8. The third-order valence-corrected chi connectivity index (χ3v) is 9.00. The maximum Gasteiger partial charge on any atom is 0.271 e. The molecule has 0 radical (unpaired) electrons. The van der Waals surface area contributed by atoms with Crippen LogP contribution in [0, 0.1) is 6.92 Å². The topological polar surface area (TPSA) is 125 Å². The molecule has 43 heavy (non-hydrogen) atoms. The number of amides is 1. The van der Waals surface area contributed by atoms with E-state index in [1.165, 1.54) is 31.6 Å². The molecule has 3 aliphatic rings. The summed E-state index contributed by atoms with van der Waals surface area (Å²) in [5, 5.41) is 6.89. The van der Waals surface area contributed by atoms with Gasteiger partial charge in [-0.3, -0.25) is 14.7 Å². The molecule has 1 aromatic carbocycles. The van der Waals surface area contributed by atoms with Crippen molar-refractivity contribution in [3.8, 4) is 11.3 Å². The zero-order valence-electron chi connectivity index (χ0n) is 25.3. The van der Waals surface area contributed by atoms with Gasteiger partial charge in [0.2, 0.25) is 0 Å². The molecule has 3 saturated heterocycles. The highest BCUT2D eigenvalue weighted by Crippen LogP contribution is 2.32. The van der Waals surface area contributed by atoms with Gasteiger partial charge < -0.3 is 30.9 Å². The lowest BCUT2D eigenvalue weighted by Crippen LogP contribution is -2.52. The summed E-state index contributed by atoms with van der Waals surface area (Å²) >= 11 is 0. The average Bonchev–Trinajstić information content (AvgIpc) is 3.03. The number of carbonyl (C=O) groups excluding carboxylic acids is 1. The smallest absolute Gasteiger partial charge is 0.271 e. The van der Waals surface area contributed by atoms with E-state index in [9.17, 15) is 4.79 Å². The highest BCUT2D eigenvalue weighted by atomic mass is 16.5. The first-order valence-electron chi connectivity index (χ1n) is 15.5. The highest BCUT2D eigenvalue weighted by molar-refractivity contribution is 5.97. The van der Waals surface area contributed by atoms with E-state index >= 15 is 0 Å². The molecule has 11 heteroatoms. The molecule has 2 aromatic heterocycles. The van der Waals surface area contributed by atoms with Crippen molar-refractivity contribution in [1.82, 2.24) is 24.8 Å². The van der Waals surface area contributed by atoms with Crippen molar-refractivity contribution in [2.24, 2.45) is 5.73 Å². The number of anilines is 4. The molecule has 6 rings (SSSR count). The second kappa shape index (κ2) is 13.2. The summed E-state index contributed by atoms with van der Waals surface area (Å²) in [6.07, 6.45) is 7.59. The normalized spacial score (nSPS) is 19.3. The third kappa shape index (κ3) is 6.90. The minimum Gasteiger partial charge on any atom is -0.381 e. The average molecular weight is 586 g/mol. The van der Waals surface area contributed by atoms with Crippen LogP contribution in [0.2, 0.25) is 0 Å². The van der Waals surface area contributed by atoms with Crippen LogP contribution in [0.15, 0.2) is 42.7 Å². The minimum atomic E-state index is -0.643. The van der Waals surface area contributed by atoms with Crippen molar-refractivity contribution in [2.45, 2.75) is 44.7 Å². The Labute approximate surface area is 253 Å². The summed E-state index contributed by atoms with van der Waals surface area (Å²) in [4.78, 5) is 34.1. The zero-order valence-corrected chi connectivity index (χ0v) is 25.3. The SMILES string of the molecule is Cc1ccncc1-c1nc(C(N)=O)c(Nc2ccc(N3CCC(N4CCN(C)CC4)CC3)cc2)nc1NC1CCOCC1. The van der Waals surface area contributed by atoms with E-state index in [0.717, 1.165) is 55.8 Å². The number of aryl methyl sites for hydroxylation is 1. The van der Waals surface area contributed by atoms with Crippen LogP contribution in [0.3, 0.4) is 0 Å². The van der Waals surface area contributed by atoms with Gasteiger partial charge in [0.15, 0.2) is 17.3 Å². The number of hydrogen-bond acceptors (Lipinski definition) is 10. The van der Waals surface area contributed by atoms with Gasteiger partial charge in [0.05, 0.1) is 0 Å². The van der Waals surface area contributed by atoms with Gasteiger partial charge in [-0.25, -0.2) is 9.97 Å². The Bertz CT molecular complexity index is 1390. The lowest BCUT2D eigenvalue weighted by atomic mass is 10.0. The van der Waals surface area contributed by atoms with Crippen LogP contribution in [0.5, 0.6) is 0 Å². The predicted molar refractivity (Wildman–Crippen MR) is 170 cm³/mol. The maximum absolute atomic E-state index is 12.6. The van der Waals surface area contributed by atoms with Gasteiger partial charge in [-0.1, -0.05) is 0 Å². The highest BCUT2D eigenvalue weighted by Gasteiger charge is 2.27. The Kier molecular flexibility index (Phi) is 9.01. The van der Waals surface area contributed by atoms with Gasteiger partial charge in [0, 0.05) is 93.9 Å². The molecule has 3 aliphatic heterocycles. The molecule has 0 atom stereocenters. The lowest BCUT2D eigenvalue weighted by molar-refractivity contribution is 0.0904. The summed E-state index contributed by atoms with van der Waals surface area (Å²) in [5.74, 6) is 0.277. The molecule has 3 fully saturated rings. The van der Waals surface area contributed by atoms with E-state index in [-0.39, 0.29) is 11.7 Å². The van der Waals surface area contributed by atoms with Crippen LogP contribution in [0.25, 0.3) is 11.3 Å². The number of hydrogen-bond donors (Lipinski definition) is 3. The van der Waals surface area contributed by atoms with Crippen molar-refractivity contribution in [3.63, 3.8) is 0 Å². The first-order valence-corrected chi connectivity index (χ1v) is 15.5. The number of aromatic nitrogens is 3. The lowest BCUT2D eigenvalue weighted by Gasteiger charge is -2.42. The second-order valence-corrected chi connectivity index (χ2v) is 11.9. The Hall–Kier alpha value is -3.80. The fourth-order valence-electron chi connectivity index (χ4n) is 6.30. The van der Waals surface area contributed by atoms with Crippen LogP contribution >= 0.6 is 0 Å². The van der Waals surface area contributed by atoms with Crippen LogP contribution in [0.4, 0.5) is 23.0 Å². The summed E-state index contributed by atoms with van der Waals surface area (Å²) in [6, 6.07) is 11.1. The number of nitrogens with zero attached hydrogens (tertiary/aromatic N) is 6. The van der Waals surface area contributed by atoms with Gasteiger partial charge >= 0.3 is 0 Å². The summed E-state index contributed by atoms with van der Waals surface area (Å²) in [7, 11) is 2.21. The summed E-state index contributed by atoms with van der Waals surface area (Å²) in [6.45, 7) is 10.1. The Morgan fingerprint density at radius 1 is 0.930 bits per heavy atom. The van der Waals surface area contributed by atoms with Crippen molar-refractivity contribution in [1.29, 1.82) is 0 Å². The minimum absolute atomic E-state index is 0.0887. The third-order valence-electron chi connectivity index (χ3n) is 9.00. The van der Waals surface area contributed by atoms with Gasteiger partial charge in [-0.2, -0.15) is 0 Å². The monoisotopic (exact) mass is 585 g/mol. The Balaban J connectivity index is 1.20. The number of pyridine rings is 1. The van der Waals surface area contributed by atoms with Gasteiger partial charge in [-0.05, 0) is 75.5 Å². The number of nitrogens with one attached hydrogen (secondary N) is 2. The summed E-state index contributed by atoms with van der Waals surface area (Å²) in [5.41, 5.74) is 10.3. The molecule has 5 heterocycles. The molecule has 0 saturated carbocycles. The number of ether oxygens (including phenoxy) is 1. The van der Waals surface area contributed by atoms with Crippen molar-refractivity contribution in [2.75, 3.05) is 75.1 Å². The molecular weight excluding hydrogens is 542 g/mol. The predicted octanol–water partition coefficient (Wildman–Crippen LogP) is 3.50. The maximum atomic E-state index is 12.6. The van der Waals surface area contributed by atoms with E-state index in [2.05, 4.69) is 49.5 Å². The van der Waals surface area contributed by atoms with Gasteiger partial charge in [0.25, 0.3) is 5.91 Å². The molecule has 228 valence electrons. The van der Waals surface area contributed by atoms with E-state index in [0.29, 0.717) is 36.6 Å². The Morgan fingerprint density at radius 2 is 1.65 bits per heavy atom. The van der Waals surface area contributed by atoms with E-state index in [1.807, 2.05) is 25.1 Å². The molecule has 0 bridgehead atoms. The number of likely N-dealkylation sites (N-methyl/N-ethyl adjacent to an activating group) is 1. The molecule has 1 amide bonds. The number of nitrogens with two attached hydrogens (primary N) is 1. The van der Waals surface area contributed by atoms with Crippen LogP contribution in [-0.2, 0) is 4.74 Å². The first-order chi connectivity index (χ1) is 20.9. The number of benzene rings is 1. The van der Waals surface area contributed by atoms with Crippen LogP contribution in [0.1, 0.15) is 41.7 Å². The molecule has 0 unspecified atom stereocenters. The fraction of sp³-hybridized carbons (Fsp3) is 0.500. The molecule has 3 aromatic rings. The molecule has 4 N–H and O–H groups in total. The molecular formula is C32H43N9O2. The zero-order chi connectivity index (χ0) is 29.8.